The highest BCUT2D eigenvalue weighted by Gasteiger charge is 2.02. The third kappa shape index (κ3) is 3.96. The first-order valence-corrected chi connectivity index (χ1v) is 7.10. The lowest BCUT2D eigenvalue weighted by molar-refractivity contribution is 1.06. The van der Waals surface area contributed by atoms with Crippen LogP contribution in [0.4, 0.5) is 5.69 Å². The van der Waals surface area contributed by atoms with Gasteiger partial charge in [-0.05, 0) is 52.8 Å². The number of anilines is 1. The van der Waals surface area contributed by atoms with Gasteiger partial charge in [0.25, 0.3) is 0 Å². The monoisotopic (exact) mass is 365 g/mol. The van der Waals surface area contributed by atoms with Crippen LogP contribution in [0.3, 0.4) is 0 Å². The SMILES string of the molecule is Cc1c(I)cccc1NC(N)=NCc1ccccc1. The van der Waals surface area contributed by atoms with Gasteiger partial charge in [0.15, 0.2) is 5.96 Å². The zero-order chi connectivity index (χ0) is 13.7. The van der Waals surface area contributed by atoms with Crippen LogP contribution in [0.1, 0.15) is 11.1 Å². The van der Waals surface area contributed by atoms with Gasteiger partial charge in [0, 0.05) is 9.26 Å². The molecule has 0 spiro atoms. The number of nitrogens with zero attached hydrogens (tertiary/aromatic N) is 1. The Labute approximate surface area is 127 Å². The van der Waals surface area contributed by atoms with Crippen molar-refractivity contribution in [2.75, 3.05) is 5.32 Å². The second kappa shape index (κ2) is 6.56. The normalized spacial score (nSPS) is 11.4. The lowest BCUT2D eigenvalue weighted by Gasteiger charge is -2.10. The van der Waals surface area contributed by atoms with Crippen molar-refractivity contribution in [3.8, 4) is 0 Å². The molecule has 0 aliphatic heterocycles. The molecule has 0 bridgehead atoms. The molecule has 0 heterocycles. The summed E-state index contributed by atoms with van der Waals surface area (Å²) in [7, 11) is 0. The quantitative estimate of drug-likeness (QED) is 0.497. The predicted molar refractivity (Wildman–Crippen MR) is 89.3 cm³/mol. The summed E-state index contributed by atoms with van der Waals surface area (Å²) in [5, 5.41) is 3.14. The molecule has 0 aliphatic rings. The van der Waals surface area contributed by atoms with Crippen molar-refractivity contribution in [1.82, 2.24) is 0 Å². The maximum atomic E-state index is 5.91. The summed E-state index contributed by atoms with van der Waals surface area (Å²) in [6.07, 6.45) is 0. The Balaban J connectivity index is 2.04. The van der Waals surface area contributed by atoms with E-state index < -0.39 is 0 Å². The van der Waals surface area contributed by atoms with Crippen molar-refractivity contribution in [3.63, 3.8) is 0 Å². The first kappa shape index (κ1) is 13.9. The molecule has 3 N–H and O–H groups in total. The molecule has 4 heteroatoms. The van der Waals surface area contributed by atoms with Gasteiger partial charge in [-0.1, -0.05) is 36.4 Å². The fourth-order valence-electron chi connectivity index (χ4n) is 1.68. The van der Waals surface area contributed by atoms with Gasteiger partial charge >= 0.3 is 0 Å². The molecule has 3 nitrogen and oxygen atoms in total. The summed E-state index contributed by atoms with van der Waals surface area (Å²) >= 11 is 2.31. The zero-order valence-corrected chi connectivity index (χ0v) is 12.9. The van der Waals surface area contributed by atoms with Gasteiger partial charge in [0.05, 0.1) is 6.54 Å². The minimum Gasteiger partial charge on any atom is -0.370 e. The van der Waals surface area contributed by atoms with Gasteiger partial charge in [0.1, 0.15) is 0 Å². The number of hydrogen-bond acceptors (Lipinski definition) is 1. The molecule has 0 atom stereocenters. The van der Waals surface area contributed by atoms with E-state index in [1.165, 1.54) is 9.13 Å². The number of hydrogen-bond donors (Lipinski definition) is 2. The first-order valence-electron chi connectivity index (χ1n) is 6.03. The Morgan fingerprint density at radius 1 is 1.16 bits per heavy atom. The topological polar surface area (TPSA) is 50.4 Å². The molecular formula is C15H16IN3. The van der Waals surface area contributed by atoms with Gasteiger partial charge in [-0.2, -0.15) is 0 Å². The smallest absolute Gasteiger partial charge is 0.193 e. The minimum absolute atomic E-state index is 0.439. The van der Waals surface area contributed by atoms with Crippen LogP contribution in [-0.2, 0) is 6.54 Å². The summed E-state index contributed by atoms with van der Waals surface area (Å²) in [4.78, 5) is 4.34. The molecule has 19 heavy (non-hydrogen) atoms. The molecule has 0 aromatic heterocycles. The molecule has 2 aromatic rings. The van der Waals surface area contributed by atoms with E-state index in [1.54, 1.807) is 0 Å². The average Bonchev–Trinajstić information content (AvgIpc) is 2.43. The maximum absolute atomic E-state index is 5.91. The molecule has 0 radical (unpaired) electrons. The molecule has 0 fully saturated rings. The number of halogens is 1. The highest BCUT2D eigenvalue weighted by atomic mass is 127. The van der Waals surface area contributed by atoms with Crippen LogP contribution in [0.2, 0.25) is 0 Å². The molecule has 0 aliphatic carbocycles. The van der Waals surface area contributed by atoms with E-state index in [1.807, 2.05) is 42.5 Å². The van der Waals surface area contributed by atoms with Crippen molar-refractivity contribution in [2.45, 2.75) is 13.5 Å². The number of nitrogens with one attached hydrogen (secondary N) is 1. The van der Waals surface area contributed by atoms with Crippen LogP contribution in [0, 0.1) is 10.5 Å². The summed E-state index contributed by atoms with van der Waals surface area (Å²) in [6.45, 7) is 2.65. The zero-order valence-electron chi connectivity index (χ0n) is 10.7. The van der Waals surface area contributed by atoms with Gasteiger partial charge in [-0.3, -0.25) is 0 Å². The Bertz CT molecular complexity index is 579. The van der Waals surface area contributed by atoms with Gasteiger partial charge in [-0.25, -0.2) is 4.99 Å². The lowest BCUT2D eigenvalue weighted by Crippen LogP contribution is -2.23. The summed E-state index contributed by atoms with van der Waals surface area (Å²) < 4.78 is 1.21. The van der Waals surface area contributed by atoms with E-state index in [2.05, 4.69) is 45.9 Å². The van der Waals surface area contributed by atoms with E-state index >= 15 is 0 Å². The second-order valence-corrected chi connectivity index (χ2v) is 5.39. The molecular weight excluding hydrogens is 349 g/mol. The van der Waals surface area contributed by atoms with Crippen LogP contribution in [0.25, 0.3) is 0 Å². The average molecular weight is 365 g/mol. The summed E-state index contributed by atoms with van der Waals surface area (Å²) in [6, 6.07) is 16.1. The predicted octanol–water partition coefficient (Wildman–Crippen LogP) is 3.53. The fraction of sp³-hybridized carbons (Fsp3) is 0.133. The largest absolute Gasteiger partial charge is 0.370 e. The third-order valence-corrected chi connectivity index (χ3v) is 3.97. The van der Waals surface area contributed by atoms with Crippen molar-refractivity contribution < 1.29 is 0 Å². The number of rotatable bonds is 3. The Hall–Kier alpha value is -1.56. The van der Waals surface area contributed by atoms with Gasteiger partial charge in [-0.15, -0.1) is 0 Å². The first-order chi connectivity index (χ1) is 9.16. The molecule has 2 aromatic carbocycles. The van der Waals surface area contributed by atoms with Crippen LogP contribution in [0.5, 0.6) is 0 Å². The van der Waals surface area contributed by atoms with Crippen molar-refractivity contribution in [2.24, 2.45) is 10.7 Å². The van der Waals surface area contributed by atoms with Gasteiger partial charge in [0.2, 0.25) is 0 Å². The Kier molecular flexibility index (Phi) is 4.79. The van der Waals surface area contributed by atoms with Crippen molar-refractivity contribution in [3.05, 3.63) is 63.2 Å². The van der Waals surface area contributed by atoms with Crippen LogP contribution >= 0.6 is 22.6 Å². The van der Waals surface area contributed by atoms with E-state index in [-0.39, 0.29) is 0 Å². The highest BCUT2D eigenvalue weighted by molar-refractivity contribution is 14.1. The Morgan fingerprint density at radius 2 is 1.89 bits per heavy atom. The molecule has 0 unspecified atom stereocenters. The highest BCUT2D eigenvalue weighted by Crippen LogP contribution is 2.19. The molecule has 0 saturated carbocycles. The summed E-state index contributed by atoms with van der Waals surface area (Å²) in [5.74, 6) is 0.439. The number of aliphatic imine (C=N–C) groups is 1. The molecule has 0 saturated heterocycles. The number of benzene rings is 2. The van der Waals surface area contributed by atoms with Gasteiger partial charge < -0.3 is 11.1 Å². The van der Waals surface area contributed by atoms with E-state index in [0.717, 1.165) is 11.3 Å². The second-order valence-electron chi connectivity index (χ2n) is 4.22. The van der Waals surface area contributed by atoms with E-state index in [4.69, 9.17) is 5.73 Å². The summed E-state index contributed by atoms with van der Waals surface area (Å²) in [5.41, 5.74) is 9.24. The van der Waals surface area contributed by atoms with Crippen LogP contribution in [0.15, 0.2) is 53.5 Å². The lowest BCUT2D eigenvalue weighted by atomic mass is 10.2. The maximum Gasteiger partial charge on any atom is 0.193 e. The van der Waals surface area contributed by atoms with Crippen molar-refractivity contribution >= 4 is 34.2 Å². The number of nitrogens with two attached hydrogens (primary N) is 1. The molecule has 98 valence electrons. The van der Waals surface area contributed by atoms with E-state index in [9.17, 15) is 0 Å². The minimum atomic E-state index is 0.439. The standard InChI is InChI=1S/C15H16IN3/c1-11-13(16)8-5-9-14(11)19-15(17)18-10-12-6-3-2-4-7-12/h2-9H,10H2,1H3,(H3,17,18,19). The molecule has 0 amide bonds. The fourth-order valence-corrected chi connectivity index (χ4v) is 2.18. The van der Waals surface area contributed by atoms with Crippen LogP contribution in [-0.4, -0.2) is 5.96 Å². The number of guanidine groups is 1. The Morgan fingerprint density at radius 3 is 2.63 bits per heavy atom. The third-order valence-electron chi connectivity index (χ3n) is 2.81. The van der Waals surface area contributed by atoms with E-state index in [0.29, 0.717) is 12.5 Å². The van der Waals surface area contributed by atoms with Crippen molar-refractivity contribution in [1.29, 1.82) is 0 Å². The molecule has 2 rings (SSSR count). The van der Waals surface area contributed by atoms with Crippen LogP contribution < -0.4 is 11.1 Å².